The number of likely N-dealkylation sites (tertiary alicyclic amines) is 1. The first-order valence-corrected chi connectivity index (χ1v) is 9.59. The summed E-state index contributed by atoms with van der Waals surface area (Å²) in [6, 6.07) is 4.52. The van der Waals surface area contributed by atoms with E-state index in [-0.39, 0.29) is 0 Å². The molecule has 1 aromatic carbocycles. The summed E-state index contributed by atoms with van der Waals surface area (Å²) in [5, 5.41) is 16.9. The van der Waals surface area contributed by atoms with E-state index in [4.69, 9.17) is 4.99 Å². The number of phenolic OH excluding ortho intramolecular Hbond substituents is 1. The smallest absolute Gasteiger partial charge is 0.191 e. The molecule has 0 bridgehead atoms. The van der Waals surface area contributed by atoms with Crippen LogP contribution in [0, 0.1) is 13.8 Å². The molecule has 0 radical (unpaired) electrons. The lowest BCUT2D eigenvalue weighted by atomic mass is 10.1. The maximum Gasteiger partial charge on any atom is 0.191 e. The van der Waals surface area contributed by atoms with Crippen molar-refractivity contribution in [3.8, 4) is 5.75 Å². The number of rotatable bonds is 6. The molecule has 1 aromatic rings. The number of aryl methyl sites for hydroxylation is 2. The van der Waals surface area contributed by atoms with Crippen LogP contribution in [-0.2, 0) is 6.54 Å². The summed E-state index contributed by atoms with van der Waals surface area (Å²) in [4.78, 5) is 7.29. The van der Waals surface area contributed by atoms with Gasteiger partial charge in [-0.25, -0.2) is 4.99 Å². The highest BCUT2D eigenvalue weighted by atomic mass is 16.3. The summed E-state index contributed by atoms with van der Waals surface area (Å²) in [6.07, 6.45) is 3.57. The fourth-order valence-corrected chi connectivity index (χ4v) is 3.44. The zero-order chi connectivity index (χ0) is 18.2. The quantitative estimate of drug-likeness (QED) is 0.547. The van der Waals surface area contributed by atoms with Crippen LogP contribution in [0.4, 0.5) is 0 Å². The highest BCUT2D eigenvalue weighted by Gasteiger charge is 2.19. The molecular weight excluding hydrogens is 312 g/mol. The number of guanidine groups is 1. The van der Waals surface area contributed by atoms with Gasteiger partial charge in [0.25, 0.3) is 0 Å². The van der Waals surface area contributed by atoms with Gasteiger partial charge in [-0.3, -0.25) is 0 Å². The van der Waals surface area contributed by atoms with E-state index in [1.807, 2.05) is 26.0 Å². The van der Waals surface area contributed by atoms with E-state index in [0.717, 1.165) is 29.2 Å². The van der Waals surface area contributed by atoms with Gasteiger partial charge >= 0.3 is 0 Å². The predicted molar refractivity (Wildman–Crippen MR) is 105 cm³/mol. The molecule has 0 saturated carbocycles. The number of piperidine rings is 1. The van der Waals surface area contributed by atoms with E-state index >= 15 is 0 Å². The Morgan fingerprint density at radius 2 is 1.84 bits per heavy atom. The van der Waals surface area contributed by atoms with Gasteiger partial charge in [0.1, 0.15) is 5.75 Å². The summed E-state index contributed by atoms with van der Waals surface area (Å²) in [7, 11) is 0. The molecule has 0 spiro atoms. The maximum atomic E-state index is 9.90. The maximum absolute atomic E-state index is 9.90. The predicted octanol–water partition coefficient (Wildman–Crippen LogP) is 2.94. The molecule has 1 heterocycles. The third-order valence-electron chi connectivity index (χ3n) is 4.78. The molecule has 5 nitrogen and oxygen atoms in total. The van der Waals surface area contributed by atoms with Crippen molar-refractivity contribution in [2.24, 2.45) is 4.99 Å². The Kier molecular flexibility index (Phi) is 7.56. The number of nitrogens with zero attached hydrogens (tertiary/aromatic N) is 2. The fraction of sp³-hybridized carbons (Fsp3) is 0.650. The van der Waals surface area contributed by atoms with Crippen LogP contribution in [0.3, 0.4) is 0 Å². The van der Waals surface area contributed by atoms with Crippen molar-refractivity contribution < 1.29 is 5.11 Å². The van der Waals surface area contributed by atoms with Crippen molar-refractivity contribution in [2.45, 2.75) is 59.5 Å². The Bertz CT molecular complexity index is 554. The Morgan fingerprint density at radius 1 is 1.20 bits per heavy atom. The van der Waals surface area contributed by atoms with Crippen LogP contribution in [0.5, 0.6) is 5.75 Å². The molecular formula is C20H34N4O. The fourth-order valence-electron chi connectivity index (χ4n) is 3.44. The molecule has 1 aliphatic rings. The number of hydrogen-bond donors (Lipinski definition) is 3. The molecule has 140 valence electrons. The molecule has 25 heavy (non-hydrogen) atoms. The number of phenols is 1. The van der Waals surface area contributed by atoms with Crippen LogP contribution in [0.25, 0.3) is 0 Å². The lowest BCUT2D eigenvalue weighted by molar-refractivity contribution is 0.206. The molecule has 1 saturated heterocycles. The van der Waals surface area contributed by atoms with E-state index in [2.05, 4.69) is 29.4 Å². The van der Waals surface area contributed by atoms with Gasteiger partial charge in [-0.05, 0) is 63.3 Å². The number of hydrogen-bond acceptors (Lipinski definition) is 3. The first-order valence-electron chi connectivity index (χ1n) is 9.59. The zero-order valence-corrected chi connectivity index (χ0v) is 16.2. The second-order valence-corrected chi connectivity index (χ2v) is 7.03. The molecule has 0 aromatic heterocycles. The normalized spacial score (nSPS) is 16.9. The Labute approximate surface area is 152 Å². The van der Waals surface area contributed by atoms with E-state index in [0.29, 0.717) is 18.3 Å². The first-order chi connectivity index (χ1) is 12.0. The van der Waals surface area contributed by atoms with Crippen LogP contribution in [0.1, 0.15) is 49.8 Å². The summed E-state index contributed by atoms with van der Waals surface area (Å²) in [5.74, 6) is 1.27. The monoisotopic (exact) mass is 346 g/mol. The highest BCUT2D eigenvalue weighted by molar-refractivity contribution is 5.80. The van der Waals surface area contributed by atoms with E-state index < -0.39 is 0 Å². The average molecular weight is 347 g/mol. The van der Waals surface area contributed by atoms with Crippen molar-refractivity contribution in [3.05, 3.63) is 28.8 Å². The molecule has 5 heteroatoms. The minimum absolute atomic E-state index is 0.386. The number of aliphatic imine (C=N–C) groups is 1. The van der Waals surface area contributed by atoms with Crippen molar-refractivity contribution >= 4 is 5.96 Å². The van der Waals surface area contributed by atoms with Crippen LogP contribution in [0.15, 0.2) is 17.1 Å². The summed E-state index contributed by atoms with van der Waals surface area (Å²) < 4.78 is 0. The van der Waals surface area contributed by atoms with Crippen LogP contribution in [-0.4, -0.2) is 48.2 Å². The summed E-state index contributed by atoms with van der Waals surface area (Å²) in [5.41, 5.74) is 2.95. The molecule has 0 amide bonds. The lowest BCUT2D eigenvalue weighted by Gasteiger charge is -2.32. The minimum atomic E-state index is 0.386. The number of nitrogens with one attached hydrogen (secondary N) is 2. The number of benzene rings is 1. The second kappa shape index (κ2) is 9.66. The van der Waals surface area contributed by atoms with Gasteiger partial charge in [-0.2, -0.15) is 0 Å². The van der Waals surface area contributed by atoms with E-state index in [1.54, 1.807) is 0 Å². The highest BCUT2D eigenvalue weighted by Crippen LogP contribution is 2.23. The third kappa shape index (κ3) is 5.92. The molecule has 3 N–H and O–H groups in total. The minimum Gasteiger partial charge on any atom is -0.507 e. The van der Waals surface area contributed by atoms with Crippen LogP contribution < -0.4 is 10.6 Å². The van der Waals surface area contributed by atoms with Gasteiger partial charge in [0.05, 0.1) is 6.54 Å². The van der Waals surface area contributed by atoms with Gasteiger partial charge in [0, 0.05) is 25.7 Å². The van der Waals surface area contributed by atoms with E-state index in [1.165, 1.54) is 38.9 Å². The Balaban J connectivity index is 1.95. The van der Waals surface area contributed by atoms with Gasteiger partial charge in [0.2, 0.25) is 0 Å². The second-order valence-electron chi connectivity index (χ2n) is 7.03. The van der Waals surface area contributed by atoms with Gasteiger partial charge in [-0.15, -0.1) is 0 Å². The van der Waals surface area contributed by atoms with Crippen molar-refractivity contribution in [1.29, 1.82) is 0 Å². The lowest BCUT2D eigenvalue weighted by Crippen LogP contribution is -2.48. The van der Waals surface area contributed by atoms with Crippen LogP contribution in [0.2, 0.25) is 0 Å². The molecule has 1 fully saturated rings. The largest absolute Gasteiger partial charge is 0.507 e. The van der Waals surface area contributed by atoms with Gasteiger partial charge < -0.3 is 20.6 Å². The summed E-state index contributed by atoms with van der Waals surface area (Å²) in [6.45, 7) is 13.2. The first kappa shape index (κ1) is 19.6. The molecule has 0 aliphatic carbocycles. The van der Waals surface area contributed by atoms with Crippen LogP contribution >= 0.6 is 0 Å². The Hall–Kier alpha value is -1.75. The summed E-state index contributed by atoms with van der Waals surface area (Å²) >= 11 is 0. The topological polar surface area (TPSA) is 59.9 Å². The molecule has 1 aliphatic heterocycles. The standard InChI is InChI=1S/C20H34N4O/c1-5-9-24-10-7-18(8-11-24)23-20(21-6-2)22-14-17-12-15(3)19(25)16(4)13-17/h12-13,18,25H,5-11,14H2,1-4H3,(H2,21,22,23). The SMILES string of the molecule is CCCN1CCC(NC(=NCc2cc(C)c(O)c(C)c2)NCC)CC1. The molecule has 2 rings (SSSR count). The van der Waals surface area contributed by atoms with Gasteiger partial charge in [-0.1, -0.05) is 19.1 Å². The molecule has 0 atom stereocenters. The molecule has 0 unspecified atom stereocenters. The average Bonchev–Trinajstić information content (AvgIpc) is 2.59. The van der Waals surface area contributed by atoms with Gasteiger partial charge in [0.15, 0.2) is 5.96 Å². The van der Waals surface area contributed by atoms with Crippen molar-refractivity contribution in [3.63, 3.8) is 0 Å². The third-order valence-corrected chi connectivity index (χ3v) is 4.78. The van der Waals surface area contributed by atoms with Crippen molar-refractivity contribution in [1.82, 2.24) is 15.5 Å². The Morgan fingerprint density at radius 3 is 2.40 bits per heavy atom. The zero-order valence-electron chi connectivity index (χ0n) is 16.2. The number of aromatic hydroxyl groups is 1. The van der Waals surface area contributed by atoms with E-state index in [9.17, 15) is 5.11 Å². The van der Waals surface area contributed by atoms with Crippen molar-refractivity contribution in [2.75, 3.05) is 26.2 Å².